The van der Waals surface area contributed by atoms with E-state index < -0.39 is 5.97 Å². The van der Waals surface area contributed by atoms with Crippen molar-refractivity contribution in [2.45, 2.75) is 39.2 Å². The molecule has 0 radical (unpaired) electrons. The van der Waals surface area contributed by atoms with Crippen molar-refractivity contribution in [3.05, 3.63) is 71.2 Å². The number of nitrogens with zero attached hydrogens (tertiary/aromatic N) is 6. The van der Waals surface area contributed by atoms with Gasteiger partial charge in [0.1, 0.15) is 5.71 Å². The predicted molar refractivity (Wildman–Crippen MR) is 139 cm³/mol. The first-order valence-corrected chi connectivity index (χ1v) is 11.3. The van der Waals surface area contributed by atoms with E-state index in [1.807, 2.05) is 24.3 Å². The Balaban J connectivity index is 1.91. The van der Waals surface area contributed by atoms with Crippen LogP contribution in [0.3, 0.4) is 0 Å². The fourth-order valence-corrected chi connectivity index (χ4v) is 3.21. The van der Waals surface area contributed by atoms with Crippen LogP contribution in [-0.4, -0.2) is 44.5 Å². The first-order valence-electron chi connectivity index (χ1n) is 11.3. The first-order chi connectivity index (χ1) is 17.2. The molecule has 2 heterocycles. The van der Waals surface area contributed by atoms with Gasteiger partial charge in [0.25, 0.3) is 0 Å². The van der Waals surface area contributed by atoms with Crippen LogP contribution < -0.4 is 11.2 Å². The lowest BCUT2D eigenvalue weighted by Crippen LogP contribution is -2.15. The van der Waals surface area contributed by atoms with Gasteiger partial charge in [0.15, 0.2) is 0 Å². The SMILES string of the molecule is CC(C)(C)c1cccc(CN=CC(=NN)c2cc(-c3cccc(C#N)c3)nc(NCCC(=O)O)n2)n1. The van der Waals surface area contributed by atoms with Gasteiger partial charge in [-0.2, -0.15) is 10.4 Å². The van der Waals surface area contributed by atoms with Crippen LogP contribution in [-0.2, 0) is 16.8 Å². The van der Waals surface area contributed by atoms with E-state index in [4.69, 9.17) is 10.9 Å². The maximum Gasteiger partial charge on any atom is 0.305 e. The van der Waals surface area contributed by atoms with Crippen LogP contribution in [0.1, 0.15) is 49.8 Å². The van der Waals surface area contributed by atoms with Gasteiger partial charge in [0, 0.05) is 23.2 Å². The predicted octanol–water partition coefficient (Wildman–Crippen LogP) is 3.53. The number of pyridine rings is 1. The first kappa shape index (κ1) is 26.0. The Hall–Kier alpha value is -4.65. The third-order valence-electron chi connectivity index (χ3n) is 5.08. The van der Waals surface area contributed by atoms with Crippen molar-refractivity contribution in [1.29, 1.82) is 5.26 Å². The van der Waals surface area contributed by atoms with Gasteiger partial charge >= 0.3 is 5.97 Å². The normalized spacial score (nSPS) is 11.9. The Kier molecular flexibility index (Phi) is 8.41. The maximum absolute atomic E-state index is 10.9. The zero-order valence-electron chi connectivity index (χ0n) is 20.4. The van der Waals surface area contributed by atoms with Gasteiger partial charge < -0.3 is 16.3 Å². The van der Waals surface area contributed by atoms with Crippen molar-refractivity contribution in [2.75, 3.05) is 11.9 Å². The molecule has 3 rings (SSSR count). The van der Waals surface area contributed by atoms with Crippen molar-refractivity contribution >= 4 is 23.8 Å². The Morgan fingerprint density at radius 1 is 1.17 bits per heavy atom. The number of benzene rings is 1. The fraction of sp³-hybridized carbons (Fsp3) is 0.269. The summed E-state index contributed by atoms with van der Waals surface area (Å²) in [5.74, 6) is 4.93. The minimum atomic E-state index is -0.943. The van der Waals surface area contributed by atoms with Crippen LogP contribution >= 0.6 is 0 Å². The van der Waals surface area contributed by atoms with Crippen molar-refractivity contribution in [3.63, 3.8) is 0 Å². The van der Waals surface area contributed by atoms with E-state index >= 15 is 0 Å². The summed E-state index contributed by atoms with van der Waals surface area (Å²) < 4.78 is 0. The molecular formula is C26H28N8O2. The number of aromatic nitrogens is 3. The van der Waals surface area contributed by atoms with E-state index in [9.17, 15) is 10.1 Å². The number of carboxylic acid groups (broad SMARTS) is 1. The van der Waals surface area contributed by atoms with E-state index in [1.54, 1.807) is 24.3 Å². The van der Waals surface area contributed by atoms with Gasteiger partial charge in [-0.25, -0.2) is 9.97 Å². The molecule has 184 valence electrons. The zero-order chi connectivity index (χ0) is 26.1. The number of nitriles is 1. The average Bonchev–Trinajstić information content (AvgIpc) is 2.86. The number of rotatable bonds is 9. The molecule has 0 aliphatic heterocycles. The highest BCUT2D eigenvalue weighted by molar-refractivity contribution is 6.37. The van der Waals surface area contributed by atoms with Gasteiger partial charge in [-0.1, -0.05) is 39.0 Å². The molecule has 3 aromatic rings. The largest absolute Gasteiger partial charge is 0.481 e. The minimum absolute atomic E-state index is 0.0755. The highest BCUT2D eigenvalue weighted by Gasteiger charge is 2.15. The summed E-state index contributed by atoms with van der Waals surface area (Å²) in [6, 6.07) is 16.6. The third-order valence-corrected chi connectivity index (χ3v) is 5.08. The molecule has 0 amide bonds. The Morgan fingerprint density at radius 3 is 2.64 bits per heavy atom. The second-order valence-electron chi connectivity index (χ2n) is 8.97. The molecule has 10 nitrogen and oxygen atoms in total. The number of aliphatic imine (C=N–C) groups is 1. The lowest BCUT2D eigenvalue weighted by Gasteiger charge is -2.17. The molecule has 36 heavy (non-hydrogen) atoms. The number of anilines is 1. The van der Waals surface area contributed by atoms with Crippen molar-refractivity contribution in [1.82, 2.24) is 15.0 Å². The molecular weight excluding hydrogens is 456 g/mol. The van der Waals surface area contributed by atoms with Gasteiger partial charge in [-0.3, -0.25) is 14.8 Å². The van der Waals surface area contributed by atoms with E-state index in [-0.39, 0.29) is 24.3 Å². The molecule has 2 aromatic heterocycles. The summed E-state index contributed by atoms with van der Waals surface area (Å²) in [6.45, 7) is 6.76. The van der Waals surface area contributed by atoms with E-state index in [0.717, 1.165) is 11.4 Å². The van der Waals surface area contributed by atoms with Crippen molar-refractivity contribution in [2.24, 2.45) is 15.9 Å². The summed E-state index contributed by atoms with van der Waals surface area (Å²) in [5.41, 5.74) is 4.09. The van der Waals surface area contributed by atoms with Crippen LogP contribution in [0.5, 0.6) is 0 Å². The molecule has 0 aliphatic carbocycles. The van der Waals surface area contributed by atoms with Crippen molar-refractivity contribution < 1.29 is 9.90 Å². The van der Waals surface area contributed by atoms with Crippen LogP contribution in [0.2, 0.25) is 0 Å². The quantitative estimate of drug-likeness (QED) is 0.236. The zero-order valence-corrected chi connectivity index (χ0v) is 20.4. The Morgan fingerprint density at radius 2 is 1.94 bits per heavy atom. The molecule has 0 saturated carbocycles. The van der Waals surface area contributed by atoms with Gasteiger partial charge in [0.05, 0.1) is 47.9 Å². The summed E-state index contributed by atoms with van der Waals surface area (Å²) in [4.78, 5) is 29.0. The van der Waals surface area contributed by atoms with E-state index in [0.29, 0.717) is 34.8 Å². The molecule has 10 heteroatoms. The summed E-state index contributed by atoms with van der Waals surface area (Å²) in [6.07, 6.45) is 1.41. The molecule has 1 aromatic carbocycles. The fourth-order valence-electron chi connectivity index (χ4n) is 3.21. The smallest absolute Gasteiger partial charge is 0.305 e. The van der Waals surface area contributed by atoms with Crippen LogP contribution in [0, 0.1) is 11.3 Å². The number of nitrogens with two attached hydrogens (primary N) is 1. The molecule has 0 bridgehead atoms. The highest BCUT2D eigenvalue weighted by atomic mass is 16.4. The van der Waals surface area contributed by atoms with Gasteiger partial charge in [0.2, 0.25) is 5.95 Å². The Bertz CT molecular complexity index is 1340. The minimum Gasteiger partial charge on any atom is -0.481 e. The van der Waals surface area contributed by atoms with Gasteiger partial charge in [-0.05, 0) is 30.3 Å². The Labute approximate surface area is 209 Å². The van der Waals surface area contributed by atoms with Crippen molar-refractivity contribution in [3.8, 4) is 17.3 Å². The van der Waals surface area contributed by atoms with Gasteiger partial charge in [-0.15, -0.1) is 0 Å². The number of hydrogen-bond acceptors (Lipinski definition) is 9. The number of nitrogens with one attached hydrogen (secondary N) is 1. The second-order valence-corrected chi connectivity index (χ2v) is 8.97. The average molecular weight is 485 g/mol. The maximum atomic E-state index is 10.9. The highest BCUT2D eigenvalue weighted by Crippen LogP contribution is 2.22. The number of aliphatic carboxylic acids is 1. The monoisotopic (exact) mass is 484 g/mol. The lowest BCUT2D eigenvalue weighted by molar-refractivity contribution is -0.136. The second kappa shape index (κ2) is 11.7. The number of carbonyl (C=O) groups is 1. The van der Waals surface area contributed by atoms with Crippen LogP contribution in [0.15, 0.2) is 58.6 Å². The lowest BCUT2D eigenvalue weighted by atomic mass is 9.91. The molecule has 0 spiro atoms. The number of carboxylic acids is 1. The third kappa shape index (κ3) is 7.17. The molecule has 0 saturated heterocycles. The summed E-state index contributed by atoms with van der Waals surface area (Å²) in [7, 11) is 0. The van der Waals surface area contributed by atoms with E-state index in [2.05, 4.69) is 57.2 Å². The topological polar surface area (TPSA) is 163 Å². The number of hydrogen-bond donors (Lipinski definition) is 3. The number of hydrazone groups is 1. The molecule has 0 atom stereocenters. The summed E-state index contributed by atoms with van der Waals surface area (Å²) >= 11 is 0. The molecule has 0 unspecified atom stereocenters. The van der Waals surface area contributed by atoms with Crippen LogP contribution in [0.4, 0.5) is 5.95 Å². The molecule has 0 aliphatic rings. The summed E-state index contributed by atoms with van der Waals surface area (Å²) in [5, 5.41) is 25.0. The van der Waals surface area contributed by atoms with Crippen LogP contribution in [0.25, 0.3) is 11.3 Å². The molecule has 4 N–H and O–H groups in total. The van der Waals surface area contributed by atoms with E-state index in [1.165, 1.54) is 6.21 Å². The standard InChI is InChI=1S/C26H28N8O2/c1-26(2,3)23-9-5-8-19(31-23)15-29-16-22(34-28)21-13-20(18-7-4-6-17(12-18)14-27)32-25(33-21)30-11-10-24(35)36/h4-9,12-13,16H,10-11,15,28H2,1-3H3,(H,35,36)(H,30,32,33). The molecule has 0 fully saturated rings.